The second-order valence-electron chi connectivity index (χ2n) is 7.36. The predicted molar refractivity (Wildman–Crippen MR) is 124 cm³/mol. The summed E-state index contributed by atoms with van der Waals surface area (Å²) < 4.78 is 2.55. The molecule has 0 amide bonds. The lowest BCUT2D eigenvalue weighted by molar-refractivity contribution is 0.326. The summed E-state index contributed by atoms with van der Waals surface area (Å²) in [6, 6.07) is 30.8. The van der Waals surface area contributed by atoms with Crippen molar-refractivity contribution in [3.63, 3.8) is 0 Å². The van der Waals surface area contributed by atoms with Crippen LogP contribution in [0.15, 0.2) is 84.9 Å². The van der Waals surface area contributed by atoms with Crippen LogP contribution in [-0.2, 0) is 11.8 Å². The van der Waals surface area contributed by atoms with Gasteiger partial charge in [0.2, 0.25) is 0 Å². The summed E-state index contributed by atoms with van der Waals surface area (Å²) in [7, 11) is 0. The van der Waals surface area contributed by atoms with E-state index in [1.807, 2.05) is 0 Å². The van der Waals surface area contributed by atoms with Gasteiger partial charge in [-0.05, 0) is 38.8 Å². The molecule has 0 radical (unpaired) electrons. The summed E-state index contributed by atoms with van der Waals surface area (Å²) in [6.45, 7) is 9.04. The van der Waals surface area contributed by atoms with E-state index in [0.29, 0.717) is 12.1 Å². The van der Waals surface area contributed by atoms with Crippen LogP contribution in [0, 0.1) is 0 Å². The number of hydrogen-bond acceptors (Lipinski definition) is 1. The Bertz CT molecular complexity index is 911. The van der Waals surface area contributed by atoms with Crippen LogP contribution >= 0.6 is 6.19 Å². The Morgan fingerprint density at radius 3 is 1.70 bits per heavy atom. The first-order valence-corrected chi connectivity index (χ1v) is 12.3. The average molecular weight is 394 g/mol. The Morgan fingerprint density at radius 1 is 0.667 bits per heavy atom. The van der Waals surface area contributed by atoms with Crippen molar-refractivity contribution in [2.75, 3.05) is 0 Å². The van der Waals surface area contributed by atoms with Gasteiger partial charge in [-0.2, -0.15) is 0 Å². The van der Waals surface area contributed by atoms with Gasteiger partial charge in [-0.3, -0.25) is 4.67 Å². The van der Waals surface area contributed by atoms with Crippen LogP contribution in [0.25, 0.3) is 11.1 Å². The SMILES string of the molecule is CC(C)N(C(C)C)P(=S)(c1ccccc1)c1ccccc1-c1ccccc1. The molecule has 0 aromatic heterocycles. The number of hydrogen-bond donors (Lipinski definition) is 0. The molecule has 1 atom stereocenters. The van der Waals surface area contributed by atoms with Crippen molar-refractivity contribution in [3.8, 4) is 11.1 Å². The molecule has 0 saturated heterocycles. The molecular formula is C24H28NPS. The highest BCUT2D eigenvalue weighted by Crippen LogP contribution is 2.52. The summed E-state index contributed by atoms with van der Waals surface area (Å²) in [4.78, 5) is 0. The molecule has 3 aromatic rings. The molecule has 3 heteroatoms. The first kappa shape index (κ1) is 20.0. The third kappa shape index (κ3) is 3.94. The molecule has 140 valence electrons. The fraction of sp³-hybridized carbons (Fsp3) is 0.250. The first-order chi connectivity index (χ1) is 13.0. The van der Waals surface area contributed by atoms with E-state index in [2.05, 4.69) is 117 Å². The standard InChI is InChI=1S/C24H28NPS/c1-19(2)25(20(3)4)26(27,22-15-9-6-10-16-22)24-18-12-11-17-23(24)21-13-7-5-8-14-21/h5-20H,1-4H3. The highest BCUT2D eigenvalue weighted by atomic mass is 32.4. The molecule has 0 aliphatic rings. The van der Waals surface area contributed by atoms with Gasteiger partial charge in [0, 0.05) is 22.7 Å². The molecule has 0 heterocycles. The number of nitrogens with zero attached hydrogens (tertiary/aromatic N) is 1. The molecule has 0 aliphatic heterocycles. The van der Waals surface area contributed by atoms with Gasteiger partial charge in [-0.1, -0.05) is 96.7 Å². The van der Waals surface area contributed by atoms with Crippen molar-refractivity contribution in [2.45, 2.75) is 39.8 Å². The summed E-state index contributed by atoms with van der Waals surface area (Å²) in [6.07, 6.45) is -2.18. The fourth-order valence-electron chi connectivity index (χ4n) is 3.87. The summed E-state index contributed by atoms with van der Waals surface area (Å²) in [5, 5.41) is 2.53. The normalized spacial score (nSPS) is 13.9. The van der Waals surface area contributed by atoms with Crippen molar-refractivity contribution in [3.05, 3.63) is 84.9 Å². The van der Waals surface area contributed by atoms with Crippen LogP contribution in [0.1, 0.15) is 27.7 Å². The number of benzene rings is 3. The van der Waals surface area contributed by atoms with Crippen LogP contribution < -0.4 is 10.6 Å². The van der Waals surface area contributed by atoms with Gasteiger partial charge in [0.1, 0.15) is 0 Å². The van der Waals surface area contributed by atoms with E-state index < -0.39 is 6.19 Å². The van der Waals surface area contributed by atoms with Crippen LogP contribution in [0.2, 0.25) is 0 Å². The molecule has 3 rings (SSSR count). The quantitative estimate of drug-likeness (QED) is 0.486. The van der Waals surface area contributed by atoms with Crippen LogP contribution in [-0.4, -0.2) is 16.8 Å². The maximum absolute atomic E-state index is 6.63. The zero-order valence-electron chi connectivity index (χ0n) is 16.5. The van der Waals surface area contributed by atoms with Crippen LogP contribution in [0.3, 0.4) is 0 Å². The van der Waals surface area contributed by atoms with Gasteiger partial charge in [-0.25, -0.2) is 0 Å². The first-order valence-electron chi connectivity index (χ1n) is 9.55. The van der Waals surface area contributed by atoms with Gasteiger partial charge in [0.25, 0.3) is 0 Å². The van der Waals surface area contributed by atoms with Crippen molar-refractivity contribution in [2.24, 2.45) is 0 Å². The lowest BCUT2D eigenvalue weighted by atomic mass is 10.1. The monoisotopic (exact) mass is 393 g/mol. The molecular weight excluding hydrogens is 365 g/mol. The van der Waals surface area contributed by atoms with Crippen molar-refractivity contribution in [1.29, 1.82) is 0 Å². The van der Waals surface area contributed by atoms with Crippen molar-refractivity contribution < 1.29 is 0 Å². The molecule has 3 aromatic carbocycles. The average Bonchev–Trinajstić information content (AvgIpc) is 2.68. The van der Waals surface area contributed by atoms with Crippen molar-refractivity contribution >= 4 is 28.6 Å². The van der Waals surface area contributed by atoms with E-state index in [4.69, 9.17) is 11.8 Å². The molecule has 0 aliphatic carbocycles. The zero-order chi connectivity index (χ0) is 19.4. The molecule has 0 fully saturated rings. The molecule has 0 bridgehead atoms. The van der Waals surface area contributed by atoms with Gasteiger partial charge in [-0.15, -0.1) is 0 Å². The Labute approximate surface area is 169 Å². The highest BCUT2D eigenvalue weighted by Gasteiger charge is 2.35. The van der Waals surface area contributed by atoms with E-state index in [1.54, 1.807) is 0 Å². The van der Waals surface area contributed by atoms with Gasteiger partial charge < -0.3 is 0 Å². The molecule has 0 spiro atoms. The summed E-state index contributed by atoms with van der Waals surface area (Å²) in [5.41, 5.74) is 2.47. The Hall–Kier alpha value is -1.73. The van der Waals surface area contributed by atoms with E-state index in [0.717, 1.165) is 0 Å². The van der Waals surface area contributed by atoms with Crippen LogP contribution in [0.5, 0.6) is 0 Å². The summed E-state index contributed by atoms with van der Waals surface area (Å²) >= 11 is 6.63. The Morgan fingerprint density at radius 2 is 1.15 bits per heavy atom. The minimum Gasteiger partial charge on any atom is -0.263 e. The minimum atomic E-state index is -2.18. The second kappa shape index (κ2) is 8.52. The molecule has 1 nitrogen and oxygen atoms in total. The maximum Gasteiger partial charge on any atom is 0.0720 e. The van der Waals surface area contributed by atoms with E-state index in [9.17, 15) is 0 Å². The molecule has 0 N–H and O–H groups in total. The fourth-order valence-corrected chi connectivity index (χ4v) is 9.34. The smallest absolute Gasteiger partial charge is 0.0720 e. The van der Waals surface area contributed by atoms with Gasteiger partial charge >= 0.3 is 0 Å². The highest BCUT2D eigenvalue weighted by molar-refractivity contribution is 8.20. The molecule has 27 heavy (non-hydrogen) atoms. The zero-order valence-corrected chi connectivity index (χ0v) is 18.3. The Kier molecular flexibility index (Phi) is 6.32. The third-order valence-electron chi connectivity index (χ3n) is 4.80. The maximum atomic E-state index is 6.63. The molecule has 0 saturated carbocycles. The largest absolute Gasteiger partial charge is 0.263 e. The minimum absolute atomic E-state index is 0.361. The molecule has 1 unspecified atom stereocenters. The van der Waals surface area contributed by atoms with Crippen LogP contribution in [0.4, 0.5) is 0 Å². The lowest BCUT2D eigenvalue weighted by Gasteiger charge is -2.42. The van der Waals surface area contributed by atoms with Crippen molar-refractivity contribution in [1.82, 2.24) is 4.67 Å². The topological polar surface area (TPSA) is 3.24 Å². The third-order valence-corrected chi connectivity index (χ3v) is 10.2. The lowest BCUT2D eigenvalue weighted by Crippen LogP contribution is -2.41. The van der Waals surface area contributed by atoms with Gasteiger partial charge in [0.05, 0.1) is 6.19 Å². The summed E-state index contributed by atoms with van der Waals surface area (Å²) in [5.74, 6) is 0. The van der Waals surface area contributed by atoms with Gasteiger partial charge in [0.15, 0.2) is 0 Å². The van der Waals surface area contributed by atoms with E-state index >= 15 is 0 Å². The predicted octanol–water partition coefficient (Wildman–Crippen LogP) is 5.82. The second-order valence-corrected chi connectivity index (χ2v) is 11.6. The Balaban J connectivity index is 2.33. The van der Waals surface area contributed by atoms with E-state index in [-0.39, 0.29) is 0 Å². The number of rotatable bonds is 6. The van der Waals surface area contributed by atoms with E-state index in [1.165, 1.54) is 21.7 Å².